The van der Waals surface area contributed by atoms with E-state index in [1.165, 1.54) is 24.6 Å². The summed E-state index contributed by atoms with van der Waals surface area (Å²) in [5, 5.41) is 0. The summed E-state index contributed by atoms with van der Waals surface area (Å²) in [5.41, 5.74) is 0. The maximum absolute atomic E-state index is 11.7. The van der Waals surface area contributed by atoms with Gasteiger partial charge in [-0.25, -0.2) is 8.78 Å². The van der Waals surface area contributed by atoms with Gasteiger partial charge in [0.1, 0.15) is 5.83 Å². The zero-order valence-electron chi connectivity index (χ0n) is 7.69. The highest BCUT2D eigenvalue weighted by Crippen LogP contribution is 1.94. The average molecular weight is 174 g/mol. The first-order chi connectivity index (χ1) is 5.68. The van der Waals surface area contributed by atoms with Crippen LogP contribution in [0.25, 0.3) is 0 Å². The highest BCUT2D eigenvalue weighted by atomic mass is 19.1. The van der Waals surface area contributed by atoms with E-state index >= 15 is 0 Å². The lowest BCUT2D eigenvalue weighted by atomic mass is 10.3. The smallest absolute Gasteiger partial charge is 0.115 e. The largest absolute Gasteiger partial charge is 0.216 e. The van der Waals surface area contributed by atoms with Crippen LogP contribution in [-0.4, -0.2) is 0 Å². The van der Waals surface area contributed by atoms with Crippen molar-refractivity contribution in [1.82, 2.24) is 0 Å². The molecule has 0 bridgehead atoms. The van der Waals surface area contributed by atoms with Crippen molar-refractivity contribution in [2.45, 2.75) is 26.7 Å². The number of halogens is 2. The van der Waals surface area contributed by atoms with E-state index in [1.807, 2.05) is 0 Å². The van der Waals surface area contributed by atoms with Gasteiger partial charge >= 0.3 is 0 Å². The van der Waals surface area contributed by atoms with Gasteiger partial charge in [0.15, 0.2) is 0 Å². The Labute approximate surface area is 73.3 Å². The van der Waals surface area contributed by atoms with Crippen LogP contribution >= 0.6 is 0 Å². The van der Waals surface area contributed by atoms with Crippen LogP contribution in [0.5, 0.6) is 0 Å². The zero-order chi connectivity index (χ0) is 9.82. The van der Waals surface area contributed by atoms with E-state index in [9.17, 15) is 8.78 Å². The van der Waals surface area contributed by atoms with Crippen molar-refractivity contribution >= 4 is 0 Å². The molecule has 2 heteroatoms. The quantitative estimate of drug-likeness (QED) is 0.559. The Morgan fingerprint density at radius 1 is 1.33 bits per heavy atom. The summed E-state index contributed by atoms with van der Waals surface area (Å²) >= 11 is 0. The fraction of sp³-hybridized carbons (Fsp3) is 0.400. The van der Waals surface area contributed by atoms with E-state index < -0.39 is 5.83 Å². The molecule has 0 aromatic heterocycles. The molecule has 0 spiro atoms. The van der Waals surface area contributed by atoms with Crippen molar-refractivity contribution in [2.24, 2.45) is 0 Å². The summed E-state index contributed by atoms with van der Waals surface area (Å²) < 4.78 is 22.9. The van der Waals surface area contributed by atoms with E-state index in [4.69, 9.17) is 0 Å². The monoisotopic (exact) mass is 174 g/mol. The fourth-order valence-electron chi connectivity index (χ4n) is 0.326. The third-order valence-electron chi connectivity index (χ3n) is 0.660. The van der Waals surface area contributed by atoms with Gasteiger partial charge in [-0.15, -0.1) is 0 Å². The molecule has 0 saturated heterocycles. The number of hydrogen-bond acceptors (Lipinski definition) is 0. The molecule has 0 rings (SSSR count). The van der Waals surface area contributed by atoms with Crippen molar-refractivity contribution in [1.29, 1.82) is 0 Å². The predicted molar refractivity (Wildman–Crippen MR) is 50.2 cm³/mol. The molecule has 12 heavy (non-hydrogen) atoms. The standard InChI is InChI=1S/C7H8F2.C3H8/c1-7(9)5-3-2-4-6-8;1-3-2/h3-6H,1-2H2;3H2,1-2H3/b5-3-,6-4+;. The number of hydrogen-bond donors (Lipinski definition) is 0. The molecule has 0 amide bonds. The fourth-order valence-corrected chi connectivity index (χ4v) is 0.326. The van der Waals surface area contributed by atoms with E-state index in [2.05, 4.69) is 20.4 Å². The second-order valence-corrected chi connectivity index (χ2v) is 2.15. The van der Waals surface area contributed by atoms with Gasteiger partial charge in [-0.3, -0.25) is 0 Å². The Morgan fingerprint density at radius 2 is 1.83 bits per heavy atom. The number of rotatable bonds is 3. The van der Waals surface area contributed by atoms with E-state index in [0.717, 1.165) is 0 Å². The van der Waals surface area contributed by atoms with Gasteiger partial charge in [-0.1, -0.05) is 39.0 Å². The molecule has 0 radical (unpaired) electrons. The summed E-state index contributed by atoms with van der Waals surface area (Å²) in [6.45, 7) is 7.23. The lowest BCUT2D eigenvalue weighted by Crippen LogP contribution is -1.58. The third-order valence-corrected chi connectivity index (χ3v) is 0.660. The van der Waals surface area contributed by atoms with Crippen molar-refractivity contribution < 1.29 is 8.78 Å². The summed E-state index contributed by atoms with van der Waals surface area (Å²) in [6.07, 6.45) is 6.03. The Hall–Kier alpha value is -0.920. The molecule has 0 heterocycles. The SMILES string of the molecule is C=C(F)/C=C\C/C=C/F.CCC. The minimum Gasteiger partial charge on any atom is -0.216 e. The first-order valence-electron chi connectivity index (χ1n) is 3.95. The molecule has 0 aromatic carbocycles. The van der Waals surface area contributed by atoms with Crippen LogP contribution in [0.1, 0.15) is 26.7 Å². The van der Waals surface area contributed by atoms with Crippen LogP contribution in [0.15, 0.2) is 37.0 Å². The number of allylic oxidation sites excluding steroid dienone is 4. The maximum Gasteiger partial charge on any atom is 0.115 e. The van der Waals surface area contributed by atoms with Crippen LogP contribution in [0, 0.1) is 0 Å². The molecule has 0 saturated carbocycles. The molecule has 70 valence electrons. The summed E-state index contributed by atoms with van der Waals surface area (Å²) in [5.74, 6) is -0.512. The lowest BCUT2D eigenvalue weighted by molar-refractivity contribution is 0.670. The third kappa shape index (κ3) is 23.0. The van der Waals surface area contributed by atoms with Crippen molar-refractivity contribution in [3.63, 3.8) is 0 Å². The Bertz CT molecular complexity index is 146. The average Bonchev–Trinajstić information content (AvgIpc) is 1.99. The molecule has 0 aliphatic carbocycles. The summed E-state index contributed by atoms with van der Waals surface area (Å²) in [7, 11) is 0. The maximum atomic E-state index is 11.7. The second kappa shape index (κ2) is 12.7. The molecule has 0 aliphatic rings. The normalized spacial score (nSPS) is 10.0. The molecule has 0 nitrogen and oxygen atoms in total. The van der Waals surface area contributed by atoms with Crippen LogP contribution in [0.2, 0.25) is 0 Å². The minimum absolute atomic E-state index is 0.402. The second-order valence-electron chi connectivity index (χ2n) is 2.15. The van der Waals surface area contributed by atoms with Gasteiger partial charge in [-0.05, 0) is 12.5 Å². The van der Waals surface area contributed by atoms with Gasteiger partial charge in [0.2, 0.25) is 0 Å². The molecule has 0 fully saturated rings. The molecular weight excluding hydrogens is 158 g/mol. The molecule has 0 unspecified atom stereocenters. The van der Waals surface area contributed by atoms with E-state index in [1.54, 1.807) is 0 Å². The van der Waals surface area contributed by atoms with Crippen LogP contribution in [0.3, 0.4) is 0 Å². The topological polar surface area (TPSA) is 0 Å². The lowest BCUT2D eigenvalue weighted by Gasteiger charge is -1.78. The molecule has 0 atom stereocenters. The molecule has 0 N–H and O–H groups in total. The van der Waals surface area contributed by atoms with Crippen LogP contribution in [0.4, 0.5) is 8.78 Å². The summed E-state index contributed by atoms with van der Waals surface area (Å²) in [4.78, 5) is 0. The van der Waals surface area contributed by atoms with Crippen molar-refractivity contribution in [3.8, 4) is 0 Å². The van der Waals surface area contributed by atoms with Gasteiger partial charge < -0.3 is 0 Å². The molecular formula is C10H16F2. The van der Waals surface area contributed by atoms with E-state index in [-0.39, 0.29) is 0 Å². The van der Waals surface area contributed by atoms with Gasteiger partial charge in [0, 0.05) is 0 Å². The zero-order valence-corrected chi connectivity index (χ0v) is 7.69. The van der Waals surface area contributed by atoms with Crippen LogP contribution in [-0.2, 0) is 0 Å². The Morgan fingerprint density at radius 3 is 2.17 bits per heavy atom. The van der Waals surface area contributed by atoms with E-state index in [0.29, 0.717) is 12.8 Å². The Kier molecular flexibility index (Phi) is 14.5. The first-order valence-corrected chi connectivity index (χ1v) is 3.95. The van der Waals surface area contributed by atoms with Crippen molar-refractivity contribution in [2.75, 3.05) is 0 Å². The van der Waals surface area contributed by atoms with Gasteiger partial charge in [-0.2, -0.15) is 0 Å². The highest BCUT2D eigenvalue weighted by molar-refractivity contribution is 5.07. The van der Waals surface area contributed by atoms with Gasteiger partial charge in [0.05, 0.1) is 6.33 Å². The minimum atomic E-state index is -0.512. The predicted octanol–water partition coefficient (Wildman–Crippen LogP) is 4.32. The molecule has 0 aromatic rings. The highest BCUT2D eigenvalue weighted by Gasteiger charge is 1.75. The van der Waals surface area contributed by atoms with Crippen LogP contribution < -0.4 is 0 Å². The van der Waals surface area contributed by atoms with Crippen molar-refractivity contribution in [3.05, 3.63) is 37.0 Å². The molecule has 0 aliphatic heterocycles. The van der Waals surface area contributed by atoms with Gasteiger partial charge in [0.25, 0.3) is 0 Å². The Balaban J connectivity index is 0. The first kappa shape index (κ1) is 13.7. The summed E-state index contributed by atoms with van der Waals surface area (Å²) in [6, 6.07) is 0.